The Morgan fingerprint density at radius 3 is 2.68 bits per heavy atom. The van der Waals surface area contributed by atoms with Gasteiger partial charge in [-0.05, 0) is 37.1 Å². The van der Waals surface area contributed by atoms with Crippen LogP contribution in [0.5, 0.6) is 0 Å². The first-order valence-electron chi connectivity index (χ1n) is 6.24. The van der Waals surface area contributed by atoms with Crippen LogP contribution >= 0.6 is 11.3 Å². The van der Waals surface area contributed by atoms with Gasteiger partial charge in [0.1, 0.15) is 4.88 Å². The van der Waals surface area contributed by atoms with Crippen molar-refractivity contribution in [1.82, 2.24) is 5.32 Å². The third-order valence-electron chi connectivity index (χ3n) is 2.98. The van der Waals surface area contributed by atoms with Gasteiger partial charge in [0.2, 0.25) is 0 Å². The molecule has 2 N–H and O–H groups in total. The SMILES string of the molecule is Cc1sc(C(=O)O)cc1CNCCc1ccccc1. The van der Waals surface area contributed by atoms with Gasteiger partial charge in [0.25, 0.3) is 0 Å². The minimum atomic E-state index is -0.844. The molecule has 0 aliphatic rings. The van der Waals surface area contributed by atoms with Crippen molar-refractivity contribution >= 4 is 17.3 Å². The second-order valence-electron chi connectivity index (χ2n) is 4.41. The standard InChI is InChI=1S/C15H17NO2S/c1-11-13(9-14(19-11)15(17)18)10-16-8-7-12-5-3-2-4-6-12/h2-6,9,16H,7-8,10H2,1H3,(H,17,18). The highest BCUT2D eigenvalue weighted by atomic mass is 32.1. The van der Waals surface area contributed by atoms with E-state index in [9.17, 15) is 4.79 Å². The average molecular weight is 275 g/mol. The molecule has 2 aromatic rings. The van der Waals surface area contributed by atoms with Crippen LogP contribution < -0.4 is 5.32 Å². The summed E-state index contributed by atoms with van der Waals surface area (Å²) < 4.78 is 0. The van der Waals surface area contributed by atoms with Crippen molar-refractivity contribution in [1.29, 1.82) is 0 Å². The van der Waals surface area contributed by atoms with Crippen molar-refractivity contribution in [2.45, 2.75) is 19.9 Å². The Bertz CT molecular complexity index is 549. The van der Waals surface area contributed by atoms with Gasteiger partial charge in [-0.25, -0.2) is 4.79 Å². The Labute approximate surface area is 116 Å². The number of thiophene rings is 1. The lowest BCUT2D eigenvalue weighted by Crippen LogP contribution is -2.16. The highest BCUT2D eigenvalue weighted by Crippen LogP contribution is 2.21. The van der Waals surface area contributed by atoms with Crippen molar-refractivity contribution in [2.75, 3.05) is 6.54 Å². The number of rotatable bonds is 6. The first-order valence-corrected chi connectivity index (χ1v) is 7.05. The lowest BCUT2D eigenvalue weighted by molar-refractivity contribution is 0.0702. The summed E-state index contributed by atoms with van der Waals surface area (Å²) in [5.74, 6) is -0.844. The molecule has 0 aliphatic heterocycles. The molecular formula is C15H17NO2S. The number of benzene rings is 1. The van der Waals surface area contributed by atoms with Gasteiger partial charge in [0.05, 0.1) is 0 Å². The summed E-state index contributed by atoms with van der Waals surface area (Å²) >= 11 is 1.34. The maximum Gasteiger partial charge on any atom is 0.345 e. The van der Waals surface area contributed by atoms with E-state index in [0.717, 1.165) is 30.0 Å². The molecule has 0 fully saturated rings. The predicted molar refractivity (Wildman–Crippen MR) is 77.9 cm³/mol. The molecule has 0 radical (unpaired) electrons. The number of aryl methyl sites for hydroxylation is 1. The summed E-state index contributed by atoms with van der Waals surface area (Å²) in [7, 11) is 0. The molecule has 1 aromatic carbocycles. The van der Waals surface area contributed by atoms with Crippen LogP contribution in [0, 0.1) is 6.92 Å². The van der Waals surface area contributed by atoms with Crippen molar-refractivity contribution < 1.29 is 9.90 Å². The Morgan fingerprint density at radius 2 is 2.05 bits per heavy atom. The minimum Gasteiger partial charge on any atom is -0.477 e. The average Bonchev–Trinajstić information content (AvgIpc) is 2.78. The fourth-order valence-corrected chi connectivity index (χ4v) is 2.78. The third kappa shape index (κ3) is 3.91. The number of carboxylic acid groups (broad SMARTS) is 1. The monoisotopic (exact) mass is 275 g/mol. The van der Waals surface area contributed by atoms with Crippen molar-refractivity contribution in [3.05, 3.63) is 57.3 Å². The van der Waals surface area contributed by atoms with Crippen molar-refractivity contribution in [3.63, 3.8) is 0 Å². The number of aromatic carboxylic acids is 1. The Balaban J connectivity index is 1.81. The molecule has 0 atom stereocenters. The zero-order chi connectivity index (χ0) is 13.7. The highest BCUT2D eigenvalue weighted by molar-refractivity contribution is 7.14. The van der Waals surface area contributed by atoms with E-state index in [0.29, 0.717) is 4.88 Å². The third-order valence-corrected chi connectivity index (χ3v) is 4.06. The highest BCUT2D eigenvalue weighted by Gasteiger charge is 2.10. The van der Waals surface area contributed by atoms with E-state index in [4.69, 9.17) is 5.11 Å². The summed E-state index contributed by atoms with van der Waals surface area (Å²) in [5, 5.41) is 12.3. The van der Waals surface area contributed by atoms with Gasteiger partial charge in [-0.1, -0.05) is 30.3 Å². The van der Waals surface area contributed by atoms with Crippen LogP contribution in [0.1, 0.15) is 25.7 Å². The van der Waals surface area contributed by atoms with E-state index in [1.54, 1.807) is 6.07 Å². The smallest absolute Gasteiger partial charge is 0.345 e. The maximum atomic E-state index is 10.9. The lowest BCUT2D eigenvalue weighted by atomic mass is 10.1. The van der Waals surface area contributed by atoms with Gasteiger partial charge >= 0.3 is 5.97 Å². The van der Waals surface area contributed by atoms with Crippen molar-refractivity contribution in [3.8, 4) is 0 Å². The molecule has 0 saturated carbocycles. The Hall–Kier alpha value is -1.65. The lowest BCUT2D eigenvalue weighted by Gasteiger charge is -2.04. The molecule has 0 spiro atoms. The zero-order valence-corrected chi connectivity index (χ0v) is 11.7. The molecular weight excluding hydrogens is 258 g/mol. The molecule has 0 amide bonds. The van der Waals surface area contributed by atoms with Gasteiger partial charge < -0.3 is 10.4 Å². The first kappa shape index (κ1) is 13.8. The molecule has 1 heterocycles. The predicted octanol–water partition coefficient (Wildman–Crippen LogP) is 3.09. The molecule has 0 saturated heterocycles. The second kappa shape index (κ2) is 6.50. The van der Waals surface area contributed by atoms with Gasteiger partial charge in [-0.3, -0.25) is 0 Å². The summed E-state index contributed by atoms with van der Waals surface area (Å²) in [6, 6.07) is 12.1. The molecule has 1 aromatic heterocycles. The van der Waals surface area contributed by atoms with Gasteiger partial charge in [-0.2, -0.15) is 0 Å². The topological polar surface area (TPSA) is 49.3 Å². The molecule has 2 rings (SSSR count). The van der Waals surface area contributed by atoms with Crippen LogP contribution in [-0.2, 0) is 13.0 Å². The summed E-state index contributed by atoms with van der Waals surface area (Å²) in [6.45, 7) is 3.58. The van der Waals surface area contributed by atoms with E-state index < -0.39 is 5.97 Å². The summed E-state index contributed by atoms with van der Waals surface area (Å²) in [5.41, 5.74) is 2.39. The van der Waals surface area contributed by atoms with E-state index in [1.165, 1.54) is 16.9 Å². The number of hydrogen-bond donors (Lipinski definition) is 2. The number of hydrogen-bond acceptors (Lipinski definition) is 3. The second-order valence-corrected chi connectivity index (χ2v) is 5.67. The van der Waals surface area contributed by atoms with Gasteiger partial charge in [-0.15, -0.1) is 11.3 Å². The van der Waals surface area contributed by atoms with Crippen LogP contribution in [0.15, 0.2) is 36.4 Å². The number of carbonyl (C=O) groups is 1. The van der Waals surface area contributed by atoms with Crippen LogP contribution in [0.2, 0.25) is 0 Å². The summed E-state index contributed by atoms with van der Waals surface area (Å²) in [6.07, 6.45) is 0.982. The van der Waals surface area contributed by atoms with E-state index in [2.05, 4.69) is 17.4 Å². The minimum absolute atomic E-state index is 0.414. The normalized spacial score (nSPS) is 10.6. The Morgan fingerprint density at radius 1 is 1.32 bits per heavy atom. The fourth-order valence-electron chi connectivity index (χ4n) is 1.90. The van der Waals surface area contributed by atoms with Crippen molar-refractivity contribution in [2.24, 2.45) is 0 Å². The fraction of sp³-hybridized carbons (Fsp3) is 0.267. The largest absolute Gasteiger partial charge is 0.477 e. The van der Waals surface area contributed by atoms with E-state index in [1.807, 2.05) is 25.1 Å². The molecule has 0 bridgehead atoms. The molecule has 4 heteroatoms. The van der Waals surface area contributed by atoms with Crippen LogP contribution in [-0.4, -0.2) is 17.6 Å². The molecule has 0 aliphatic carbocycles. The number of carboxylic acids is 1. The van der Waals surface area contributed by atoms with Gasteiger partial charge in [0, 0.05) is 11.4 Å². The first-order chi connectivity index (χ1) is 9.16. The number of nitrogens with one attached hydrogen (secondary N) is 1. The maximum absolute atomic E-state index is 10.9. The van der Waals surface area contributed by atoms with E-state index >= 15 is 0 Å². The molecule has 3 nitrogen and oxygen atoms in total. The summed E-state index contributed by atoms with van der Waals surface area (Å²) in [4.78, 5) is 12.4. The van der Waals surface area contributed by atoms with Crippen LogP contribution in [0.25, 0.3) is 0 Å². The van der Waals surface area contributed by atoms with Gasteiger partial charge in [0.15, 0.2) is 0 Å². The quantitative estimate of drug-likeness (QED) is 0.796. The molecule has 0 unspecified atom stereocenters. The van der Waals surface area contributed by atoms with E-state index in [-0.39, 0.29) is 0 Å². The Kier molecular flexibility index (Phi) is 4.71. The molecule has 100 valence electrons. The van der Waals surface area contributed by atoms with Crippen LogP contribution in [0.3, 0.4) is 0 Å². The van der Waals surface area contributed by atoms with Crippen LogP contribution in [0.4, 0.5) is 0 Å². The molecule has 19 heavy (non-hydrogen) atoms. The zero-order valence-electron chi connectivity index (χ0n) is 10.8.